The van der Waals surface area contributed by atoms with Crippen LogP contribution < -0.4 is 4.74 Å². The van der Waals surface area contributed by atoms with Gasteiger partial charge in [0.1, 0.15) is 5.75 Å². The first-order valence-corrected chi connectivity index (χ1v) is 4.96. The molecule has 0 radical (unpaired) electrons. The van der Waals surface area contributed by atoms with E-state index in [9.17, 15) is 18.0 Å². The van der Waals surface area contributed by atoms with Gasteiger partial charge in [-0.3, -0.25) is 4.79 Å². The summed E-state index contributed by atoms with van der Waals surface area (Å²) >= 11 is 0. The van der Waals surface area contributed by atoms with Crippen molar-refractivity contribution in [2.45, 2.75) is 18.5 Å². The van der Waals surface area contributed by atoms with Crippen molar-refractivity contribution in [3.63, 3.8) is 0 Å². The zero-order valence-corrected chi connectivity index (χ0v) is 8.62. The monoisotopic (exact) mass is 246 g/mol. The van der Waals surface area contributed by atoms with E-state index in [1.54, 1.807) is 0 Å². The molecule has 1 aliphatic heterocycles. The first kappa shape index (κ1) is 11.8. The Kier molecular flexibility index (Phi) is 2.73. The lowest BCUT2D eigenvalue weighted by Gasteiger charge is -2.23. The van der Waals surface area contributed by atoms with Crippen LogP contribution in [-0.2, 0) is 11.0 Å². The molecule has 0 saturated carbocycles. The molecule has 0 bridgehead atoms. The number of alkyl halides is 3. The average molecular weight is 246 g/mol. The van der Waals surface area contributed by atoms with Crippen molar-refractivity contribution in [3.05, 3.63) is 29.3 Å². The fraction of sp³-hybridized carbons (Fsp3) is 0.364. The number of hydrogen-bond acceptors (Lipinski definition) is 2. The standard InChI is InChI=1S/C11H9F3O3/c12-11(13,14)6-1-2-9-8(5-6)7(10(15)16)3-4-17-9/h1-2,5,7H,3-4H2,(H,15,16). The minimum Gasteiger partial charge on any atom is -0.493 e. The van der Waals surface area contributed by atoms with Gasteiger partial charge < -0.3 is 9.84 Å². The summed E-state index contributed by atoms with van der Waals surface area (Å²) in [5.74, 6) is -1.84. The van der Waals surface area contributed by atoms with E-state index in [4.69, 9.17) is 9.84 Å². The van der Waals surface area contributed by atoms with E-state index >= 15 is 0 Å². The molecule has 0 aromatic heterocycles. The maximum Gasteiger partial charge on any atom is 0.416 e. The van der Waals surface area contributed by atoms with Crippen LogP contribution in [0.25, 0.3) is 0 Å². The molecule has 2 rings (SSSR count). The molecule has 1 N–H and O–H groups in total. The van der Waals surface area contributed by atoms with Crippen molar-refractivity contribution in [3.8, 4) is 5.75 Å². The number of benzene rings is 1. The highest BCUT2D eigenvalue weighted by Crippen LogP contribution is 2.38. The number of ether oxygens (including phenoxy) is 1. The van der Waals surface area contributed by atoms with Crippen LogP contribution >= 0.6 is 0 Å². The zero-order chi connectivity index (χ0) is 12.6. The predicted octanol–water partition coefficient (Wildman–Crippen LogP) is 2.66. The molecule has 3 nitrogen and oxygen atoms in total. The molecule has 1 aliphatic rings. The Hall–Kier alpha value is -1.72. The van der Waals surface area contributed by atoms with Crippen LogP contribution in [0.1, 0.15) is 23.5 Å². The lowest BCUT2D eigenvalue weighted by molar-refractivity contribution is -0.140. The number of carboxylic acid groups (broad SMARTS) is 1. The van der Waals surface area contributed by atoms with E-state index in [-0.39, 0.29) is 24.3 Å². The average Bonchev–Trinajstić information content (AvgIpc) is 2.26. The summed E-state index contributed by atoms with van der Waals surface area (Å²) in [7, 11) is 0. The minimum absolute atomic E-state index is 0.0959. The second kappa shape index (κ2) is 3.94. The maximum atomic E-state index is 12.5. The van der Waals surface area contributed by atoms with Crippen molar-refractivity contribution in [1.82, 2.24) is 0 Å². The highest BCUT2D eigenvalue weighted by Gasteiger charge is 2.34. The van der Waals surface area contributed by atoms with Gasteiger partial charge in [0.15, 0.2) is 0 Å². The number of rotatable bonds is 1. The van der Waals surface area contributed by atoms with Crippen molar-refractivity contribution in [2.24, 2.45) is 0 Å². The number of carbonyl (C=O) groups is 1. The molecule has 1 heterocycles. The van der Waals surface area contributed by atoms with Crippen LogP contribution in [0.5, 0.6) is 5.75 Å². The third-order valence-electron chi connectivity index (χ3n) is 2.67. The number of hydrogen-bond donors (Lipinski definition) is 1. The van der Waals surface area contributed by atoms with Gasteiger partial charge in [0.25, 0.3) is 0 Å². The first-order valence-electron chi connectivity index (χ1n) is 4.96. The van der Waals surface area contributed by atoms with E-state index in [2.05, 4.69) is 0 Å². The lowest BCUT2D eigenvalue weighted by Crippen LogP contribution is -2.21. The van der Waals surface area contributed by atoms with E-state index in [1.165, 1.54) is 6.07 Å². The van der Waals surface area contributed by atoms with Gasteiger partial charge in [0.05, 0.1) is 18.1 Å². The molecule has 0 aliphatic carbocycles. The van der Waals surface area contributed by atoms with Gasteiger partial charge in [0, 0.05) is 5.56 Å². The van der Waals surface area contributed by atoms with Crippen molar-refractivity contribution < 1.29 is 27.8 Å². The van der Waals surface area contributed by atoms with E-state index in [0.717, 1.165) is 12.1 Å². The quantitative estimate of drug-likeness (QED) is 0.828. The minimum atomic E-state index is -4.48. The Balaban J connectivity index is 2.48. The molecule has 1 aromatic rings. The second-order valence-electron chi connectivity index (χ2n) is 3.78. The Morgan fingerprint density at radius 1 is 1.41 bits per heavy atom. The molecule has 0 saturated heterocycles. The molecule has 17 heavy (non-hydrogen) atoms. The van der Waals surface area contributed by atoms with Crippen LogP contribution in [0.3, 0.4) is 0 Å². The van der Waals surface area contributed by atoms with Crippen molar-refractivity contribution in [2.75, 3.05) is 6.61 Å². The number of carboxylic acids is 1. The van der Waals surface area contributed by atoms with E-state index < -0.39 is 23.6 Å². The Morgan fingerprint density at radius 2 is 2.12 bits per heavy atom. The maximum absolute atomic E-state index is 12.5. The third kappa shape index (κ3) is 2.20. The smallest absolute Gasteiger partial charge is 0.416 e. The summed E-state index contributed by atoms with van der Waals surface area (Å²) in [5, 5.41) is 8.94. The molecular formula is C11H9F3O3. The molecule has 6 heteroatoms. The second-order valence-corrected chi connectivity index (χ2v) is 3.78. The molecule has 0 spiro atoms. The molecule has 92 valence electrons. The van der Waals surface area contributed by atoms with Crippen LogP contribution in [-0.4, -0.2) is 17.7 Å². The summed E-state index contributed by atoms with van der Waals surface area (Å²) in [6.45, 7) is 0.204. The summed E-state index contributed by atoms with van der Waals surface area (Å²) < 4.78 is 42.6. The molecule has 1 atom stereocenters. The summed E-state index contributed by atoms with van der Waals surface area (Å²) in [4.78, 5) is 10.9. The topological polar surface area (TPSA) is 46.5 Å². The number of fused-ring (bicyclic) bond motifs is 1. The Labute approximate surface area is 94.8 Å². The highest BCUT2D eigenvalue weighted by atomic mass is 19.4. The Bertz CT molecular complexity index is 454. The third-order valence-corrected chi connectivity index (χ3v) is 2.67. The van der Waals surface area contributed by atoms with Gasteiger partial charge in [-0.05, 0) is 24.6 Å². The van der Waals surface area contributed by atoms with Crippen LogP contribution in [0, 0.1) is 0 Å². The summed E-state index contributed by atoms with van der Waals surface area (Å²) in [6, 6.07) is 2.92. The van der Waals surface area contributed by atoms with Gasteiger partial charge >= 0.3 is 12.1 Å². The summed E-state index contributed by atoms with van der Waals surface area (Å²) in [6.07, 6.45) is -4.29. The summed E-state index contributed by atoms with van der Waals surface area (Å²) in [5.41, 5.74) is -0.758. The van der Waals surface area contributed by atoms with Gasteiger partial charge in [-0.2, -0.15) is 13.2 Å². The van der Waals surface area contributed by atoms with Crippen LogP contribution in [0.4, 0.5) is 13.2 Å². The van der Waals surface area contributed by atoms with E-state index in [0.29, 0.717) is 0 Å². The molecule has 0 amide bonds. The van der Waals surface area contributed by atoms with Crippen LogP contribution in [0.15, 0.2) is 18.2 Å². The Morgan fingerprint density at radius 3 is 2.71 bits per heavy atom. The fourth-order valence-corrected chi connectivity index (χ4v) is 1.83. The highest BCUT2D eigenvalue weighted by molar-refractivity contribution is 5.77. The van der Waals surface area contributed by atoms with Crippen molar-refractivity contribution >= 4 is 5.97 Å². The molecule has 1 unspecified atom stereocenters. The predicted molar refractivity (Wildman–Crippen MR) is 51.9 cm³/mol. The van der Waals surface area contributed by atoms with Gasteiger partial charge in [-0.1, -0.05) is 0 Å². The molecular weight excluding hydrogens is 237 g/mol. The largest absolute Gasteiger partial charge is 0.493 e. The number of aliphatic carboxylic acids is 1. The molecule has 1 aromatic carbocycles. The van der Waals surface area contributed by atoms with Gasteiger partial charge in [-0.25, -0.2) is 0 Å². The van der Waals surface area contributed by atoms with E-state index in [1.807, 2.05) is 0 Å². The fourth-order valence-electron chi connectivity index (χ4n) is 1.83. The van der Waals surface area contributed by atoms with Gasteiger partial charge in [-0.15, -0.1) is 0 Å². The zero-order valence-electron chi connectivity index (χ0n) is 8.62. The first-order chi connectivity index (χ1) is 7.89. The van der Waals surface area contributed by atoms with Gasteiger partial charge in [0.2, 0.25) is 0 Å². The molecule has 0 fully saturated rings. The normalized spacial score (nSPS) is 19.4. The van der Waals surface area contributed by atoms with Crippen molar-refractivity contribution in [1.29, 1.82) is 0 Å². The SMILES string of the molecule is O=C(O)C1CCOc2ccc(C(F)(F)F)cc21. The lowest BCUT2D eigenvalue weighted by atomic mass is 9.92. The number of halogens is 3. The van der Waals surface area contributed by atoms with Crippen LogP contribution in [0.2, 0.25) is 0 Å².